The first kappa shape index (κ1) is 14.6. The van der Waals surface area contributed by atoms with Crippen molar-refractivity contribution in [2.75, 3.05) is 19.6 Å². The van der Waals surface area contributed by atoms with Crippen molar-refractivity contribution in [3.05, 3.63) is 18.0 Å². The van der Waals surface area contributed by atoms with Crippen molar-refractivity contribution in [2.45, 2.75) is 51.6 Å². The Morgan fingerprint density at radius 3 is 3.14 bits per heavy atom. The van der Waals surface area contributed by atoms with Crippen LogP contribution in [0.5, 0.6) is 0 Å². The monoisotopic (exact) mass is 290 g/mol. The quantitative estimate of drug-likeness (QED) is 0.919. The van der Waals surface area contributed by atoms with E-state index in [0.717, 1.165) is 31.7 Å². The van der Waals surface area contributed by atoms with E-state index in [1.807, 2.05) is 17.7 Å². The van der Waals surface area contributed by atoms with Gasteiger partial charge < -0.3 is 10.2 Å². The van der Waals surface area contributed by atoms with Crippen LogP contribution in [-0.4, -0.2) is 46.3 Å². The van der Waals surface area contributed by atoms with Crippen LogP contribution in [0.4, 0.5) is 0 Å². The molecular formula is C16H26N4O. The maximum absolute atomic E-state index is 12.4. The van der Waals surface area contributed by atoms with Gasteiger partial charge in [-0.3, -0.25) is 9.48 Å². The molecule has 0 saturated carbocycles. The lowest BCUT2D eigenvalue weighted by molar-refractivity contribution is -0.133. The van der Waals surface area contributed by atoms with E-state index in [1.54, 1.807) is 6.20 Å². The molecule has 0 aliphatic carbocycles. The number of carbonyl (C=O) groups is 1. The molecule has 1 aromatic rings. The van der Waals surface area contributed by atoms with E-state index >= 15 is 0 Å². The molecule has 0 bridgehead atoms. The number of aryl methyl sites for hydroxylation is 2. The minimum atomic E-state index is 0.285. The maximum atomic E-state index is 12.4. The van der Waals surface area contributed by atoms with Crippen molar-refractivity contribution in [2.24, 2.45) is 5.92 Å². The molecule has 0 spiro atoms. The lowest BCUT2D eigenvalue weighted by Crippen LogP contribution is -2.50. The Kier molecular flexibility index (Phi) is 4.58. The highest BCUT2D eigenvalue weighted by Crippen LogP contribution is 2.25. The molecule has 2 atom stereocenters. The van der Waals surface area contributed by atoms with Gasteiger partial charge in [0.2, 0.25) is 5.91 Å². The van der Waals surface area contributed by atoms with E-state index in [4.69, 9.17) is 0 Å². The number of likely N-dealkylation sites (tertiary alicyclic amines) is 1. The number of amides is 1. The normalized spacial score (nSPS) is 26.2. The number of fused-ring (bicyclic) bond motifs is 1. The highest BCUT2D eigenvalue weighted by atomic mass is 16.2. The van der Waals surface area contributed by atoms with Crippen LogP contribution in [0, 0.1) is 12.8 Å². The Balaban J connectivity index is 1.52. The van der Waals surface area contributed by atoms with Gasteiger partial charge in [-0.1, -0.05) is 6.42 Å². The molecule has 0 aromatic carbocycles. The summed E-state index contributed by atoms with van der Waals surface area (Å²) in [4.78, 5) is 14.5. The van der Waals surface area contributed by atoms with Gasteiger partial charge in [0.1, 0.15) is 0 Å². The number of hydrogen-bond acceptors (Lipinski definition) is 3. The van der Waals surface area contributed by atoms with Crippen molar-refractivity contribution in [3.63, 3.8) is 0 Å². The lowest BCUT2D eigenvalue weighted by atomic mass is 9.89. The van der Waals surface area contributed by atoms with E-state index in [2.05, 4.69) is 15.3 Å². The molecule has 21 heavy (non-hydrogen) atoms. The first-order valence-electron chi connectivity index (χ1n) is 8.23. The van der Waals surface area contributed by atoms with Gasteiger partial charge in [-0.25, -0.2) is 0 Å². The minimum Gasteiger partial charge on any atom is -0.342 e. The van der Waals surface area contributed by atoms with Crippen LogP contribution in [0.15, 0.2) is 12.3 Å². The number of nitrogens with one attached hydrogen (secondary N) is 1. The molecule has 2 saturated heterocycles. The second-order valence-corrected chi connectivity index (χ2v) is 6.39. The first-order chi connectivity index (χ1) is 10.2. The van der Waals surface area contributed by atoms with E-state index < -0.39 is 0 Å². The van der Waals surface area contributed by atoms with Gasteiger partial charge in [0.15, 0.2) is 0 Å². The highest BCUT2D eigenvalue weighted by Gasteiger charge is 2.31. The predicted molar refractivity (Wildman–Crippen MR) is 81.9 cm³/mol. The molecule has 5 nitrogen and oxygen atoms in total. The molecule has 2 aliphatic heterocycles. The zero-order valence-electron chi connectivity index (χ0n) is 12.9. The number of piperidine rings is 1. The Labute approximate surface area is 126 Å². The number of carbonyl (C=O) groups excluding carboxylic acids is 1. The third kappa shape index (κ3) is 3.46. The zero-order valence-corrected chi connectivity index (χ0v) is 12.9. The fourth-order valence-corrected chi connectivity index (χ4v) is 3.63. The van der Waals surface area contributed by atoms with Crippen molar-refractivity contribution in [1.82, 2.24) is 20.0 Å². The molecule has 1 amide bonds. The Morgan fingerprint density at radius 1 is 1.43 bits per heavy atom. The van der Waals surface area contributed by atoms with Crippen LogP contribution >= 0.6 is 0 Å². The van der Waals surface area contributed by atoms with E-state index in [1.165, 1.54) is 19.3 Å². The average molecular weight is 290 g/mol. The predicted octanol–water partition coefficient (Wildman–Crippen LogP) is 1.57. The lowest BCUT2D eigenvalue weighted by Gasteiger charge is -2.38. The summed E-state index contributed by atoms with van der Waals surface area (Å²) in [5.41, 5.74) is 1.12. The highest BCUT2D eigenvalue weighted by molar-refractivity contribution is 5.76. The third-order valence-electron chi connectivity index (χ3n) is 4.96. The van der Waals surface area contributed by atoms with Crippen molar-refractivity contribution in [1.29, 1.82) is 0 Å². The molecule has 0 unspecified atom stereocenters. The molecule has 1 N–H and O–H groups in total. The van der Waals surface area contributed by atoms with Gasteiger partial charge in [-0.15, -0.1) is 0 Å². The summed E-state index contributed by atoms with van der Waals surface area (Å²) in [5, 5.41) is 7.90. The van der Waals surface area contributed by atoms with E-state index in [-0.39, 0.29) is 5.91 Å². The van der Waals surface area contributed by atoms with Crippen molar-refractivity contribution < 1.29 is 4.79 Å². The fraction of sp³-hybridized carbons (Fsp3) is 0.750. The summed E-state index contributed by atoms with van der Waals surface area (Å²) in [7, 11) is 0. The van der Waals surface area contributed by atoms with Crippen LogP contribution in [0.2, 0.25) is 0 Å². The van der Waals surface area contributed by atoms with Crippen LogP contribution in [-0.2, 0) is 11.3 Å². The number of hydrogen-bond donors (Lipinski definition) is 1. The van der Waals surface area contributed by atoms with Crippen LogP contribution in [0.1, 0.15) is 37.8 Å². The Bertz CT molecular complexity index is 484. The molecule has 0 radical (unpaired) electrons. The molecule has 116 valence electrons. The summed E-state index contributed by atoms with van der Waals surface area (Å²) in [5.74, 6) is 0.934. The molecule has 3 rings (SSSR count). The topological polar surface area (TPSA) is 50.2 Å². The summed E-state index contributed by atoms with van der Waals surface area (Å²) >= 11 is 0. The van der Waals surface area contributed by atoms with Gasteiger partial charge in [-0.2, -0.15) is 5.10 Å². The fourth-order valence-electron chi connectivity index (χ4n) is 3.63. The van der Waals surface area contributed by atoms with Gasteiger partial charge in [0, 0.05) is 44.0 Å². The maximum Gasteiger partial charge on any atom is 0.224 e. The molecule has 3 heterocycles. The standard InChI is InChI=1S/C16H26N4O/c1-13-5-9-18-20(13)11-7-16(21)19-10-6-15-14(12-19)4-2-3-8-17-15/h5,9,14-15,17H,2-4,6-8,10-12H2,1H3/t14-,15+/m0/s1. The van der Waals surface area contributed by atoms with Crippen molar-refractivity contribution >= 4 is 5.91 Å². The Hall–Kier alpha value is -1.36. The van der Waals surface area contributed by atoms with Gasteiger partial charge >= 0.3 is 0 Å². The molecule has 5 heteroatoms. The Morgan fingerprint density at radius 2 is 2.33 bits per heavy atom. The summed E-state index contributed by atoms with van der Waals surface area (Å²) in [6, 6.07) is 2.61. The minimum absolute atomic E-state index is 0.285. The van der Waals surface area contributed by atoms with Gasteiger partial charge in [0.25, 0.3) is 0 Å². The SMILES string of the molecule is Cc1ccnn1CCC(=O)N1CC[C@H]2NCCCC[C@H]2C1. The largest absolute Gasteiger partial charge is 0.342 e. The summed E-state index contributed by atoms with van der Waals surface area (Å²) in [6.45, 7) is 5.72. The summed E-state index contributed by atoms with van der Waals surface area (Å²) in [6.07, 6.45) is 7.30. The van der Waals surface area contributed by atoms with E-state index in [9.17, 15) is 4.79 Å². The van der Waals surface area contributed by atoms with Crippen LogP contribution in [0.3, 0.4) is 0 Å². The second kappa shape index (κ2) is 6.60. The van der Waals surface area contributed by atoms with Crippen LogP contribution in [0.25, 0.3) is 0 Å². The first-order valence-corrected chi connectivity index (χ1v) is 8.23. The smallest absolute Gasteiger partial charge is 0.224 e. The summed E-state index contributed by atoms with van der Waals surface area (Å²) < 4.78 is 1.91. The molecule has 2 aliphatic rings. The van der Waals surface area contributed by atoms with Crippen LogP contribution < -0.4 is 5.32 Å². The number of aromatic nitrogens is 2. The van der Waals surface area contributed by atoms with Gasteiger partial charge in [-0.05, 0) is 44.7 Å². The zero-order chi connectivity index (χ0) is 14.7. The second-order valence-electron chi connectivity index (χ2n) is 6.39. The average Bonchev–Trinajstić information content (AvgIpc) is 2.76. The molecular weight excluding hydrogens is 264 g/mol. The third-order valence-corrected chi connectivity index (χ3v) is 4.96. The van der Waals surface area contributed by atoms with Gasteiger partial charge in [0.05, 0.1) is 0 Å². The molecule has 1 aromatic heterocycles. The number of rotatable bonds is 3. The van der Waals surface area contributed by atoms with E-state index in [0.29, 0.717) is 24.9 Å². The number of nitrogens with zero attached hydrogens (tertiary/aromatic N) is 3. The van der Waals surface area contributed by atoms with Crippen molar-refractivity contribution in [3.8, 4) is 0 Å². The molecule has 2 fully saturated rings.